The number of carbonyl (C=O) groups is 6. The molecule has 4 fully saturated rings. The molecule has 4 N–H and O–H groups in total. The van der Waals surface area contributed by atoms with Gasteiger partial charge in [-0.2, -0.15) is 0 Å². The van der Waals surface area contributed by atoms with E-state index < -0.39 is 83.8 Å². The zero-order valence-electron chi connectivity index (χ0n) is 29.4. The molecule has 0 aromatic carbocycles. The van der Waals surface area contributed by atoms with Crippen LogP contribution in [0, 0.1) is 17.8 Å². The number of nitrogens with zero attached hydrogens (tertiary/aromatic N) is 4. The molecule has 0 aromatic heterocycles. The van der Waals surface area contributed by atoms with Gasteiger partial charge in [0, 0.05) is 33.1 Å². The molecule has 4 heterocycles. The molecule has 4 aliphatic rings. The van der Waals surface area contributed by atoms with Gasteiger partial charge in [0.1, 0.15) is 30.2 Å². The van der Waals surface area contributed by atoms with Crippen LogP contribution in [0.15, 0.2) is 0 Å². The number of nitrogens with one attached hydrogen (secondary N) is 3. The van der Waals surface area contributed by atoms with E-state index in [1.807, 2.05) is 20.8 Å². The van der Waals surface area contributed by atoms with Crippen molar-refractivity contribution in [2.45, 2.75) is 129 Å². The maximum atomic E-state index is 14.3. The van der Waals surface area contributed by atoms with E-state index in [-0.39, 0.29) is 31.2 Å². The van der Waals surface area contributed by atoms with Crippen LogP contribution in [0.4, 0.5) is 0 Å². The van der Waals surface area contributed by atoms with Crippen molar-refractivity contribution >= 4 is 35.5 Å². The highest BCUT2D eigenvalue weighted by Crippen LogP contribution is 2.27. The number of hydrogen-bond donors (Lipinski definition) is 4. The fraction of sp³-hybridized carbons (Fsp3) is 0.818. The molecule has 15 heteroatoms. The first-order valence-electron chi connectivity index (χ1n) is 17.6. The topological polar surface area (TPSA) is 181 Å². The summed E-state index contributed by atoms with van der Waals surface area (Å²) in [4.78, 5) is 87.5. The number of aliphatic hydroxyl groups is 1. The second-order valence-electron chi connectivity index (χ2n) is 14.5. The van der Waals surface area contributed by atoms with Gasteiger partial charge in [0.05, 0.1) is 6.10 Å². The Labute approximate surface area is 283 Å². The summed E-state index contributed by atoms with van der Waals surface area (Å²) in [5.74, 6) is -4.20. The Morgan fingerprint density at radius 3 is 2.17 bits per heavy atom. The highest BCUT2D eigenvalue weighted by Gasteiger charge is 2.48. The van der Waals surface area contributed by atoms with Crippen molar-refractivity contribution < 1.29 is 38.6 Å². The van der Waals surface area contributed by atoms with Gasteiger partial charge in [0.2, 0.25) is 17.7 Å². The maximum Gasteiger partial charge on any atom is 0.329 e. The molecule has 15 nitrogen and oxygen atoms in total. The summed E-state index contributed by atoms with van der Waals surface area (Å²) in [5, 5.41) is 15.8. The van der Waals surface area contributed by atoms with Crippen LogP contribution in [0.3, 0.4) is 0 Å². The van der Waals surface area contributed by atoms with Crippen molar-refractivity contribution in [1.29, 1.82) is 0 Å². The number of ether oxygens (including phenoxy) is 1. The van der Waals surface area contributed by atoms with E-state index in [0.717, 1.165) is 0 Å². The van der Waals surface area contributed by atoms with Gasteiger partial charge >= 0.3 is 5.97 Å². The summed E-state index contributed by atoms with van der Waals surface area (Å²) in [5.41, 5.74) is 5.91. The van der Waals surface area contributed by atoms with Crippen LogP contribution >= 0.6 is 0 Å². The largest absolute Gasteiger partial charge is 0.450 e. The number of likely N-dealkylation sites (N-methyl/N-ethyl adjacent to an activating group) is 1. The quantitative estimate of drug-likeness (QED) is 0.288. The second kappa shape index (κ2) is 15.9. The molecule has 8 unspecified atom stereocenters. The molecular formula is C33H55N7O8. The van der Waals surface area contributed by atoms with Crippen LogP contribution in [0.1, 0.15) is 86.5 Å². The van der Waals surface area contributed by atoms with Gasteiger partial charge in [-0.25, -0.2) is 15.6 Å². The fourth-order valence-electron chi connectivity index (χ4n) is 7.04. The number of rotatable bonds is 5. The van der Waals surface area contributed by atoms with Gasteiger partial charge < -0.3 is 25.0 Å². The first kappa shape index (κ1) is 37.5. The SMILES string of the molecule is CCC(C)C1NC(=O)C2CCCN2C(=O)C(CC(C)C)N(C)C(=O)C2CC(O)CNN2C(=O)C2CCCNN2C(=O)C(C(C)C)OC1=O. The minimum atomic E-state index is -1.28. The van der Waals surface area contributed by atoms with E-state index in [1.165, 1.54) is 26.9 Å². The molecular weight excluding hydrogens is 622 g/mol. The molecule has 0 spiro atoms. The zero-order chi connectivity index (χ0) is 35.4. The lowest BCUT2D eigenvalue weighted by atomic mass is 9.96. The predicted octanol–water partition coefficient (Wildman–Crippen LogP) is -0.0752. The fourth-order valence-corrected chi connectivity index (χ4v) is 7.04. The number of hydrogen-bond acceptors (Lipinski definition) is 10. The van der Waals surface area contributed by atoms with E-state index >= 15 is 0 Å². The van der Waals surface area contributed by atoms with E-state index in [2.05, 4.69) is 16.2 Å². The smallest absolute Gasteiger partial charge is 0.329 e. The number of cyclic esters (lactones) is 1. The molecule has 0 aliphatic carbocycles. The van der Waals surface area contributed by atoms with E-state index in [0.29, 0.717) is 45.2 Å². The lowest BCUT2D eigenvalue weighted by Crippen LogP contribution is -2.69. The van der Waals surface area contributed by atoms with Crippen molar-refractivity contribution in [1.82, 2.24) is 36.0 Å². The molecule has 0 bridgehead atoms. The predicted molar refractivity (Wildman–Crippen MR) is 174 cm³/mol. The minimum absolute atomic E-state index is 0.00101. The molecule has 0 saturated carbocycles. The zero-order valence-corrected chi connectivity index (χ0v) is 29.4. The Hall–Kier alpha value is -3.30. The third kappa shape index (κ3) is 7.94. The molecule has 5 amide bonds. The van der Waals surface area contributed by atoms with Crippen LogP contribution in [-0.2, 0) is 33.5 Å². The van der Waals surface area contributed by atoms with Gasteiger partial charge in [-0.05, 0) is 49.9 Å². The summed E-state index contributed by atoms with van der Waals surface area (Å²) in [7, 11) is 1.51. The standard InChI is InChI=1S/C33H55N7O8/c1-8-20(6)26-33(47)48-27(19(4)5)32(46)39-23(11-9-13-34-39)31(45)40-25(16-21(41)17-35-40)29(43)37(7)24(15-18(2)3)30(44)38-14-10-12-22(38)28(42)36-26/h18-27,34-35,41H,8-17H2,1-7H3,(H,36,42). The number of esters is 1. The molecule has 0 radical (unpaired) electrons. The summed E-state index contributed by atoms with van der Waals surface area (Å²) >= 11 is 0. The number of amides is 5. The number of aliphatic hydroxyl groups excluding tert-OH is 1. The number of carbonyl (C=O) groups excluding carboxylic acids is 6. The van der Waals surface area contributed by atoms with Crippen molar-refractivity contribution in [3.05, 3.63) is 0 Å². The van der Waals surface area contributed by atoms with Crippen molar-refractivity contribution in [2.24, 2.45) is 17.8 Å². The van der Waals surface area contributed by atoms with Crippen LogP contribution in [-0.4, -0.2) is 130 Å². The average Bonchev–Trinajstić information content (AvgIpc) is 3.56. The highest BCUT2D eigenvalue weighted by molar-refractivity contribution is 5.97. The lowest BCUT2D eigenvalue weighted by Gasteiger charge is -2.45. The molecule has 8 atom stereocenters. The van der Waals surface area contributed by atoms with Gasteiger partial charge in [0.25, 0.3) is 11.8 Å². The van der Waals surface area contributed by atoms with Crippen LogP contribution in [0.5, 0.6) is 0 Å². The van der Waals surface area contributed by atoms with E-state index in [1.54, 1.807) is 20.8 Å². The van der Waals surface area contributed by atoms with E-state index in [4.69, 9.17) is 4.74 Å². The van der Waals surface area contributed by atoms with Crippen molar-refractivity contribution in [3.8, 4) is 0 Å². The third-order valence-electron chi connectivity index (χ3n) is 10.1. The highest BCUT2D eigenvalue weighted by atomic mass is 16.6. The lowest BCUT2D eigenvalue weighted by molar-refractivity contribution is -0.175. The maximum absolute atomic E-state index is 14.3. The normalized spacial score (nSPS) is 32.4. The van der Waals surface area contributed by atoms with Crippen molar-refractivity contribution in [2.75, 3.05) is 26.7 Å². The molecule has 4 rings (SSSR count). The summed E-state index contributed by atoms with van der Waals surface area (Å²) in [6.07, 6.45) is 0.320. The Balaban J connectivity index is 1.82. The Morgan fingerprint density at radius 1 is 0.854 bits per heavy atom. The second-order valence-corrected chi connectivity index (χ2v) is 14.5. The minimum Gasteiger partial charge on any atom is -0.450 e. The van der Waals surface area contributed by atoms with Crippen LogP contribution in [0.25, 0.3) is 0 Å². The third-order valence-corrected chi connectivity index (χ3v) is 10.1. The molecule has 270 valence electrons. The van der Waals surface area contributed by atoms with Gasteiger partial charge in [-0.3, -0.25) is 34.0 Å². The van der Waals surface area contributed by atoms with Crippen molar-refractivity contribution in [3.63, 3.8) is 0 Å². The number of fused-ring (bicyclic) bond motifs is 3. The monoisotopic (exact) mass is 677 g/mol. The number of hydrazine groups is 2. The summed E-state index contributed by atoms with van der Waals surface area (Å²) in [6.45, 7) is 11.7. The molecule has 4 saturated heterocycles. The summed E-state index contributed by atoms with van der Waals surface area (Å²) in [6, 6.07) is -5.11. The van der Waals surface area contributed by atoms with Gasteiger partial charge in [0.15, 0.2) is 6.10 Å². The van der Waals surface area contributed by atoms with Crippen LogP contribution in [0.2, 0.25) is 0 Å². The summed E-state index contributed by atoms with van der Waals surface area (Å²) < 4.78 is 5.88. The first-order valence-corrected chi connectivity index (χ1v) is 17.6. The van der Waals surface area contributed by atoms with Gasteiger partial charge in [-0.15, -0.1) is 0 Å². The van der Waals surface area contributed by atoms with Gasteiger partial charge in [-0.1, -0.05) is 48.0 Å². The molecule has 4 aliphatic heterocycles. The van der Waals surface area contributed by atoms with Crippen LogP contribution < -0.4 is 16.2 Å². The molecule has 0 aromatic rings. The van der Waals surface area contributed by atoms with E-state index in [9.17, 15) is 33.9 Å². The Bertz CT molecular complexity index is 1230. The Kier molecular flexibility index (Phi) is 12.5. The first-order chi connectivity index (χ1) is 22.7. The average molecular weight is 678 g/mol. The number of β-amino-alcohol motifs (C(OH)–C–C–N with tert-alkyl or cyclic N) is 1. The Morgan fingerprint density at radius 2 is 1.52 bits per heavy atom. The molecule has 48 heavy (non-hydrogen) atoms.